The zero-order valence-electron chi connectivity index (χ0n) is 10.2. The molecule has 18 heavy (non-hydrogen) atoms. The van der Waals surface area contributed by atoms with E-state index in [2.05, 4.69) is 5.32 Å². The molecule has 0 unspecified atom stereocenters. The van der Waals surface area contributed by atoms with Crippen LogP contribution in [0.1, 0.15) is 12.0 Å². The van der Waals surface area contributed by atoms with Gasteiger partial charge < -0.3 is 10.4 Å². The number of hydrogen-bond acceptors (Lipinski definition) is 3. The molecule has 0 spiro atoms. The Hall–Kier alpha value is -1.07. The second-order valence-corrected chi connectivity index (χ2v) is 5.03. The first-order valence-corrected chi connectivity index (χ1v) is 7.08. The molecule has 1 aromatic carbocycles. The third-order valence-electron chi connectivity index (χ3n) is 2.32. The Labute approximate surface area is 111 Å². The lowest BCUT2D eigenvalue weighted by atomic mass is 10.1. The van der Waals surface area contributed by atoms with Gasteiger partial charge in [-0.15, -0.1) is 0 Å². The highest BCUT2D eigenvalue weighted by atomic mass is 32.2. The Kier molecular flexibility index (Phi) is 7.44. The smallest absolute Gasteiger partial charge is 0.224 e. The SMILES string of the molecule is O=C(Cc1ccccc1F)NCCSCCCO. The monoisotopic (exact) mass is 271 g/mol. The number of nitrogens with one attached hydrogen (secondary N) is 1. The Morgan fingerprint density at radius 2 is 2.11 bits per heavy atom. The first kappa shape index (κ1) is 15.0. The van der Waals surface area contributed by atoms with Gasteiger partial charge in [0.05, 0.1) is 6.42 Å². The van der Waals surface area contributed by atoms with Crippen LogP contribution in [0.3, 0.4) is 0 Å². The molecule has 0 radical (unpaired) electrons. The van der Waals surface area contributed by atoms with E-state index in [1.165, 1.54) is 6.07 Å². The predicted octanol–water partition coefficient (Wildman–Crippen LogP) is 1.60. The summed E-state index contributed by atoms with van der Waals surface area (Å²) in [5.74, 6) is 1.19. The summed E-state index contributed by atoms with van der Waals surface area (Å²) in [5.41, 5.74) is 0.419. The number of benzene rings is 1. The van der Waals surface area contributed by atoms with E-state index in [0.29, 0.717) is 12.1 Å². The van der Waals surface area contributed by atoms with Gasteiger partial charge in [0.1, 0.15) is 5.82 Å². The molecule has 0 bridgehead atoms. The maximum Gasteiger partial charge on any atom is 0.224 e. The lowest BCUT2D eigenvalue weighted by Crippen LogP contribution is -2.27. The number of carbonyl (C=O) groups is 1. The van der Waals surface area contributed by atoms with Gasteiger partial charge >= 0.3 is 0 Å². The van der Waals surface area contributed by atoms with Crippen LogP contribution >= 0.6 is 11.8 Å². The number of halogens is 1. The number of rotatable bonds is 8. The normalized spacial score (nSPS) is 10.3. The Morgan fingerprint density at radius 1 is 1.33 bits per heavy atom. The Balaban J connectivity index is 2.16. The molecule has 5 heteroatoms. The molecule has 0 atom stereocenters. The quantitative estimate of drug-likeness (QED) is 0.706. The zero-order valence-corrected chi connectivity index (χ0v) is 11.0. The van der Waals surface area contributed by atoms with Crippen LogP contribution in [0.5, 0.6) is 0 Å². The minimum atomic E-state index is -0.343. The molecule has 0 saturated heterocycles. The van der Waals surface area contributed by atoms with Crippen LogP contribution in [-0.2, 0) is 11.2 Å². The summed E-state index contributed by atoms with van der Waals surface area (Å²) in [6.07, 6.45) is 0.849. The lowest BCUT2D eigenvalue weighted by Gasteiger charge is -2.05. The van der Waals surface area contributed by atoms with Gasteiger partial charge in [-0.1, -0.05) is 18.2 Å². The van der Waals surface area contributed by atoms with E-state index in [1.807, 2.05) is 0 Å². The number of hydrogen-bond donors (Lipinski definition) is 2. The van der Waals surface area contributed by atoms with Crippen LogP contribution in [-0.4, -0.2) is 35.7 Å². The van der Waals surface area contributed by atoms with Crippen LogP contribution in [0.4, 0.5) is 4.39 Å². The number of thioether (sulfide) groups is 1. The maximum atomic E-state index is 13.3. The number of aliphatic hydroxyl groups is 1. The van der Waals surface area contributed by atoms with E-state index in [1.54, 1.807) is 30.0 Å². The van der Waals surface area contributed by atoms with Crippen molar-refractivity contribution in [1.82, 2.24) is 5.32 Å². The fraction of sp³-hybridized carbons (Fsp3) is 0.462. The van der Waals surface area contributed by atoms with E-state index < -0.39 is 0 Å². The van der Waals surface area contributed by atoms with Crippen LogP contribution in [0.15, 0.2) is 24.3 Å². The Bertz CT molecular complexity index is 374. The summed E-state index contributed by atoms with van der Waals surface area (Å²) in [6, 6.07) is 6.29. The zero-order chi connectivity index (χ0) is 13.2. The highest BCUT2D eigenvalue weighted by Crippen LogP contribution is 2.06. The third-order valence-corrected chi connectivity index (χ3v) is 3.39. The first-order chi connectivity index (χ1) is 8.74. The fourth-order valence-corrected chi connectivity index (χ4v) is 2.19. The molecule has 100 valence electrons. The lowest BCUT2D eigenvalue weighted by molar-refractivity contribution is -0.120. The van der Waals surface area contributed by atoms with E-state index in [4.69, 9.17) is 5.11 Å². The second-order valence-electron chi connectivity index (χ2n) is 3.81. The Morgan fingerprint density at radius 3 is 2.83 bits per heavy atom. The minimum absolute atomic E-state index is 0.0774. The van der Waals surface area contributed by atoms with Crippen molar-refractivity contribution in [3.05, 3.63) is 35.6 Å². The van der Waals surface area contributed by atoms with E-state index >= 15 is 0 Å². The van der Waals surface area contributed by atoms with Gasteiger partial charge in [-0.05, 0) is 23.8 Å². The summed E-state index contributed by atoms with van der Waals surface area (Å²) in [4.78, 5) is 11.5. The summed E-state index contributed by atoms with van der Waals surface area (Å²) >= 11 is 1.68. The van der Waals surface area contributed by atoms with Gasteiger partial charge in [0, 0.05) is 18.9 Å². The van der Waals surface area contributed by atoms with Crippen molar-refractivity contribution < 1.29 is 14.3 Å². The van der Waals surface area contributed by atoms with Crippen molar-refractivity contribution in [2.24, 2.45) is 0 Å². The maximum absolute atomic E-state index is 13.3. The van der Waals surface area contributed by atoms with Crippen LogP contribution in [0.2, 0.25) is 0 Å². The average Bonchev–Trinajstić information content (AvgIpc) is 2.36. The van der Waals surface area contributed by atoms with Crippen molar-refractivity contribution in [2.45, 2.75) is 12.8 Å². The number of aliphatic hydroxyl groups excluding tert-OH is 1. The van der Waals surface area contributed by atoms with Gasteiger partial charge in [-0.2, -0.15) is 11.8 Å². The molecular weight excluding hydrogens is 253 g/mol. The van der Waals surface area contributed by atoms with Crippen LogP contribution in [0, 0.1) is 5.82 Å². The molecule has 0 aromatic heterocycles. The topological polar surface area (TPSA) is 49.3 Å². The molecule has 0 aliphatic carbocycles. The van der Waals surface area contributed by atoms with Crippen LogP contribution in [0.25, 0.3) is 0 Å². The van der Waals surface area contributed by atoms with E-state index in [0.717, 1.165) is 17.9 Å². The van der Waals surface area contributed by atoms with Crippen molar-refractivity contribution in [1.29, 1.82) is 0 Å². The second kappa shape index (κ2) is 8.94. The molecule has 0 fully saturated rings. The molecule has 0 saturated carbocycles. The summed E-state index contributed by atoms with van der Waals surface area (Å²) in [6.45, 7) is 0.774. The molecular formula is C13H18FNO2S. The van der Waals surface area contributed by atoms with E-state index in [-0.39, 0.29) is 24.8 Å². The molecule has 1 rings (SSSR count). The van der Waals surface area contributed by atoms with Gasteiger partial charge in [0.2, 0.25) is 5.91 Å². The van der Waals surface area contributed by atoms with Crippen LogP contribution < -0.4 is 5.32 Å². The summed E-state index contributed by atoms with van der Waals surface area (Å²) in [7, 11) is 0. The van der Waals surface area contributed by atoms with Gasteiger partial charge in [0.25, 0.3) is 0 Å². The van der Waals surface area contributed by atoms with Crippen molar-refractivity contribution >= 4 is 17.7 Å². The molecule has 2 N–H and O–H groups in total. The minimum Gasteiger partial charge on any atom is -0.396 e. The van der Waals surface area contributed by atoms with Gasteiger partial charge in [0.15, 0.2) is 0 Å². The van der Waals surface area contributed by atoms with Crippen molar-refractivity contribution in [3.63, 3.8) is 0 Å². The number of amides is 1. The predicted molar refractivity (Wildman–Crippen MR) is 72.1 cm³/mol. The van der Waals surface area contributed by atoms with Crippen molar-refractivity contribution in [2.75, 3.05) is 24.7 Å². The number of carbonyl (C=O) groups excluding carboxylic acids is 1. The average molecular weight is 271 g/mol. The molecule has 3 nitrogen and oxygen atoms in total. The summed E-state index contributed by atoms with van der Waals surface area (Å²) < 4.78 is 13.3. The standard InChI is InChI=1S/C13H18FNO2S/c14-12-5-2-1-4-11(12)10-13(17)15-6-9-18-8-3-7-16/h1-2,4-5,16H,3,6-10H2,(H,15,17). The third kappa shape index (κ3) is 6.02. The first-order valence-electron chi connectivity index (χ1n) is 5.92. The summed E-state index contributed by atoms with van der Waals surface area (Å²) in [5, 5.41) is 11.3. The molecule has 0 aliphatic rings. The van der Waals surface area contributed by atoms with Crippen molar-refractivity contribution in [3.8, 4) is 0 Å². The molecule has 1 aromatic rings. The van der Waals surface area contributed by atoms with Gasteiger partial charge in [-0.25, -0.2) is 4.39 Å². The highest BCUT2D eigenvalue weighted by Gasteiger charge is 2.06. The van der Waals surface area contributed by atoms with Gasteiger partial charge in [-0.3, -0.25) is 4.79 Å². The highest BCUT2D eigenvalue weighted by molar-refractivity contribution is 7.99. The largest absolute Gasteiger partial charge is 0.396 e. The molecule has 1 amide bonds. The molecule has 0 heterocycles. The fourth-order valence-electron chi connectivity index (χ4n) is 1.41. The van der Waals surface area contributed by atoms with E-state index in [9.17, 15) is 9.18 Å². The molecule has 0 aliphatic heterocycles.